The molecular formula is C15H21Cl2N5O2. The number of aromatic nitrogens is 2. The molecule has 1 atom stereocenters. The number of aromatic amines is 1. The van der Waals surface area contributed by atoms with Gasteiger partial charge in [-0.1, -0.05) is 11.6 Å². The van der Waals surface area contributed by atoms with Gasteiger partial charge >= 0.3 is 0 Å². The summed E-state index contributed by atoms with van der Waals surface area (Å²) in [4.78, 5) is 21.4. The molecule has 132 valence electrons. The van der Waals surface area contributed by atoms with E-state index in [0.29, 0.717) is 16.4 Å². The first-order valence-electron chi connectivity index (χ1n) is 7.55. The predicted octanol–water partition coefficient (Wildman–Crippen LogP) is 2.15. The van der Waals surface area contributed by atoms with E-state index in [-0.39, 0.29) is 31.0 Å². The molecule has 1 saturated heterocycles. The third-order valence-electron chi connectivity index (χ3n) is 3.95. The standard InChI is InChI=1S/C15H20ClN5O2.ClH/c1-23-8-12(22)20-11-6-19-15-13(11)14(10(16)5-18-15)21-4-2-3-9(17)7-21;/h5-6,9H,2-4,7-8,17H2,1H3,(H,18,19)(H,20,22);1H/t9-;/m1./s1. The lowest BCUT2D eigenvalue weighted by Crippen LogP contribution is -2.43. The van der Waals surface area contributed by atoms with Crippen LogP contribution in [0, 0.1) is 0 Å². The summed E-state index contributed by atoms with van der Waals surface area (Å²) in [6, 6.07) is 0.119. The zero-order chi connectivity index (χ0) is 16.4. The van der Waals surface area contributed by atoms with Gasteiger partial charge < -0.3 is 25.7 Å². The van der Waals surface area contributed by atoms with Crippen LogP contribution in [-0.4, -0.2) is 48.7 Å². The van der Waals surface area contributed by atoms with Gasteiger partial charge in [0.05, 0.1) is 28.0 Å². The number of H-pyrrole nitrogens is 1. The minimum Gasteiger partial charge on any atom is -0.375 e. The molecule has 1 amide bonds. The molecule has 2 aromatic heterocycles. The van der Waals surface area contributed by atoms with Crippen LogP contribution in [0.4, 0.5) is 11.4 Å². The minimum absolute atomic E-state index is 0. The van der Waals surface area contributed by atoms with Gasteiger partial charge in [0.25, 0.3) is 0 Å². The van der Waals surface area contributed by atoms with Crippen LogP contribution in [0.15, 0.2) is 12.4 Å². The Morgan fingerprint density at radius 3 is 3.12 bits per heavy atom. The first kappa shape index (κ1) is 18.8. The Morgan fingerprint density at radius 2 is 2.42 bits per heavy atom. The number of hydrogen-bond donors (Lipinski definition) is 3. The van der Waals surface area contributed by atoms with Crippen molar-refractivity contribution in [3.63, 3.8) is 0 Å². The summed E-state index contributed by atoms with van der Waals surface area (Å²) >= 11 is 6.41. The normalized spacial score (nSPS) is 17.6. The van der Waals surface area contributed by atoms with E-state index in [1.807, 2.05) is 0 Å². The van der Waals surface area contributed by atoms with Crippen molar-refractivity contribution >= 4 is 52.3 Å². The number of fused-ring (bicyclic) bond motifs is 1. The van der Waals surface area contributed by atoms with E-state index in [2.05, 4.69) is 20.2 Å². The molecule has 7 nitrogen and oxygen atoms in total. The molecule has 2 aromatic rings. The highest BCUT2D eigenvalue weighted by Gasteiger charge is 2.24. The third-order valence-corrected chi connectivity index (χ3v) is 4.23. The first-order valence-corrected chi connectivity index (χ1v) is 7.93. The number of hydrogen-bond acceptors (Lipinski definition) is 5. The van der Waals surface area contributed by atoms with Crippen molar-refractivity contribution in [2.24, 2.45) is 5.73 Å². The minimum atomic E-state index is -0.227. The average molecular weight is 374 g/mol. The zero-order valence-corrected chi connectivity index (χ0v) is 14.9. The van der Waals surface area contributed by atoms with Gasteiger partial charge in [0, 0.05) is 32.4 Å². The molecule has 0 aliphatic carbocycles. The van der Waals surface area contributed by atoms with Crippen LogP contribution >= 0.6 is 24.0 Å². The summed E-state index contributed by atoms with van der Waals surface area (Å²) in [5.41, 5.74) is 8.28. The van der Waals surface area contributed by atoms with Crippen LogP contribution in [-0.2, 0) is 9.53 Å². The van der Waals surface area contributed by atoms with E-state index in [1.165, 1.54) is 7.11 Å². The monoisotopic (exact) mass is 373 g/mol. The zero-order valence-electron chi connectivity index (χ0n) is 13.3. The molecule has 0 aromatic carbocycles. The third kappa shape index (κ3) is 3.75. The van der Waals surface area contributed by atoms with E-state index in [9.17, 15) is 4.79 Å². The number of methoxy groups -OCH3 is 1. The van der Waals surface area contributed by atoms with Gasteiger partial charge in [0.2, 0.25) is 5.91 Å². The van der Waals surface area contributed by atoms with Gasteiger partial charge in [-0.15, -0.1) is 12.4 Å². The lowest BCUT2D eigenvalue weighted by Gasteiger charge is -2.33. The van der Waals surface area contributed by atoms with Gasteiger partial charge in [-0.05, 0) is 12.8 Å². The maximum atomic E-state index is 11.8. The van der Waals surface area contributed by atoms with Gasteiger partial charge in [0.15, 0.2) is 0 Å². The number of rotatable bonds is 4. The maximum Gasteiger partial charge on any atom is 0.250 e. The predicted molar refractivity (Wildman–Crippen MR) is 98.3 cm³/mol. The number of ether oxygens (including phenoxy) is 1. The van der Waals surface area contributed by atoms with E-state index in [0.717, 1.165) is 37.0 Å². The average Bonchev–Trinajstić information content (AvgIpc) is 2.90. The number of pyridine rings is 1. The molecular weight excluding hydrogens is 353 g/mol. The smallest absolute Gasteiger partial charge is 0.250 e. The summed E-state index contributed by atoms with van der Waals surface area (Å²) in [5, 5.41) is 4.18. The van der Waals surface area contributed by atoms with E-state index >= 15 is 0 Å². The van der Waals surface area contributed by atoms with Crippen LogP contribution < -0.4 is 16.0 Å². The van der Waals surface area contributed by atoms with E-state index in [1.54, 1.807) is 12.4 Å². The molecule has 24 heavy (non-hydrogen) atoms. The summed E-state index contributed by atoms with van der Waals surface area (Å²) < 4.78 is 4.86. The molecule has 0 radical (unpaired) electrons. The van der Waals surface area contributed by atoms with Crippen molar-refractivity contribution in [3.8, 4) is 0 Å². The van der Waals surface area contributed by atoms with Crippen molar-refractivity contribution < 1.29 is 9.53 Å². The molecule has 0 spiro atoms. The van der Waals surface area contributed by atoms with E-state index in [4.69, 9.17) is 22.1 Å². The Kier molecular flexibility index (Phi) is 6.28. The fraction of sp³-hybridized carbons (Fsp3) is 0.467. The molecule has 3 rings (SSSR count). The van der Waals surface area contributed by atoms with Crippen LogP contribution in [0.5, 0.6) is 0 Å². The lowest BCUT2D eigenvalue weighted by atomic mass is 10.1. The summed E-state index contributed by atoms with van der Waals surface area (Å²) in [5.74, 6) is -0.227. The molecule has 4 N–H and O–H groups in total. The fourth-order valence-corrected chi connectivity index (χ4v) is 3.26. The second kappa shape index (κ2) is 8.02. The number of carbonyl (C=O) groups excluding carboxylic acids is 1. The highest BCUT2D eigenvalue weighted by molar-refractivity contribution is 6.35. The maximum absolute atomic E-state index is 11.8. The van der Waals surface area contributed by atoms with Gasteiger partial charge in [-0.2, -0.15) is 0 Å². The van der Waals surface area contributed by atoms with Crippen molar-refractivity contribution in [1.82, 2.24) is 9.97 Å². The van der Waals surface area contributed by atoms with Gasteiger partial charge in [0.1, 0.15) is 12.3 Å². The Morgan fingerprint density at radius 1 is 1.62 bits per heavy atom. The molecule has 0 bridgehead atoms. The van der Waals surface area contributed by atoms with Crippen LogP contribution in [0.3, 0.4) is 0 Å². The lowest BCUT2D eigenvalue weighted by molar-refractivity contribution is -0.119. The van der Waals surface area contributed by atoms with Crippen molar-refractivity contribution in [3.05, 3.63) is 17.4 Å². The van der Waals surface area contributed by atoms with Crippen molar-refractivity contribution in [1.29, 1.82) is 0 Å². The number of halogens is 2. The van der Waals surface area contributed by atoms with Gasteiger partial charge in [-0.25, -0.2) is 4.98 Å². The Labute approximate surface area is 151 Å². The topological polar surface area (TPSA) is 96.3 Å². The number of piperidine rings is 1. The first-order chi connectivity index (χ1) is 11.1. The van der Waals surface area contributed by atoms with Crippen LogP contribution in [0.25, 0.3) is 11.0 Å². The number of nitrogens with one attached hydrogen (secondary N) is 2. The molecule has 0 unspecified atom stereocenters. The second-order valence-corrected chi connectivity index (χ2v) is 6.12. The largest absolute Gasteiger partial charge is 0.375 e. The molecule has 1 fully saturated rings. The quantitative estimate of drug-likeness (QED) is 0.762. The Balaban J connectivity index is 0.00000208. The van der Waals surface area contributed by atoms with Crippen molar-refractivity contribution in [2.45, 2.75) is 18.9 Å². The summed E-state index contributed by atoms with van der Waals surface area (Å²) in [7, 11) is 1.48. The second-order valence-electron chi connectivity index (χ2n) is 5.71. The fourth-order valence-electron chi connectivity index (χ4n) is 2.99. The SMILES string of the molecule is COCC(=O)Nc1c[nH]c2ncc(Cl)c(N3CCC[C@@H](N)C3)c12.Cl. The number of nitrogens with zero attached hydrogens (tertiary/aromatic N) is 2. The molecule has 3 heterocycles. The van der Waals surface area contributed by atoms with Crippen LogP contribution in [0.1, 0.15) is 12.8 Å². The highest BCUT2D eigenvalue weighted by Crippen LogP contribution is 2.38. The summed E-state index contributed by atoms with van der Waals surface area (Å²) in [6.07, 6.45) is 5.36. The number of anilines is 2. The van der Waals surface area contributed by atoms with Crippen LogP contribution in [0.2, 0.25) is 5.02 Å². The highest BCUT2D eigenvalue weighted by atomic mass is 35.5. The number of carbonyl (C=O) groups is 1. The Bertz CT molecular complexity index is 721. The summed E-state index contributed by atoms with van der Waals surface area (Å²) in [6.45, 7) is 1.60. The Hall–Kier alpha value is -1.54. The molecule has 9 heteroatoms. The number of nitrogens with two attached hydrogens (primary N) is 1. The number of amides is 1. The molecule has 0 saturated carbocycles. The van der Waals surface area contributed by atoms with Gasteiger partial charge in [-0.3, -0.25) is 4.79 Å². The van der Waals surface area contributed by atoms with E-state index < -0.39 is 0 Å². The van der Waals surface area contributed by atoms with Crippen molar-refractivity contribution in [2.75, 3.05) is 37.0 Å². The molecule has 1 aliphatic rings. The molecule has 1 aliphatic heterocycles.